The number of benzene rings is 1. The van der Waals surface area contributed by atoms with Gasteiger partial charge >= 0.3 is 0 Å². The molecule has 1 N–H and O–H groups in total. The molecule has 1 aromatic carbocycles. The van der Waals surface area contributed by atoms with Gasteiger partial charge in [-0.15, -0.1) is 0 Å². The first kappa shape index (κ1) is 18.3. The normalized spacial score (nSPS) is 13.0. The number of hydrogen-bond acceptors (Lipinski definition) is 5. The fourth-order valence-electron chi connectivity index (χ4n) is 2.04. The third-order valence-corrected chi connectivity index (χ3v) is 4.55. The van der Waals surface area contributed by atoms with Crippen LogP contribution in [0.4, 0.5) is 0 Å². The zero-order valence-corrected chi connectivity index (χ0v) is 15.2. The van der Waals surface area contributed by atoms with Crippen LogP contribution in [0.3, 0.4) is 0 Å². The van der Waals surface area contributed by atoms with Crippen molar-refractivity contribution in [2.24, 2.45) is 0 Å². The highest BCUT2D eigenvalue weighted by molar-refractivity contribution is 9.10. The van der Waals surface area contributed by atoms with Crippen LogP contribution in [0.15, 0.2) is 16.6 Å². The van der Waals surface area contributed by atoms with Crippen LogP contribution in [-0.2, 0) is 9.84 Å². The molecule has 0 radical (unpaired) electrons. The van der Waals surface area contributed by atoms with E-state index in [0.29, 0.717) is 11.5 Å². The van der Waals surface area contributed by atoms with E-state index in [1.807, 2.05) is 6.92 Å². The van der Waals surface area contributed by atoms with Gasteiger partial charge in [-0.1, -0.05) is 6.92 Å². The summed E-state index contributed by atoms with van der Waals surface area (Å²) in [5, 5.41) is 3.26. The third kappa shape index (κ3) is 5.48. The van der Waals surface area contributed by atoms with Gasteiger partial charge < -0.3 is 14.8 Å². The van der Waals surface area contributed by atoms with Gasteiger partial charge in [0.25, 0.3) is 0 Å². The van der Waals surface area contributed by atoms with Crippen LogP contribution in [0, 0.1) is 0 Å². The Labute approximate surface area is 135 Å². The number of rotatable bonds is 8. The highest BCUT2D eigenvalue weighted by Crippen LogP contribution is 2.36. The molecule has 120 valence electrons. The Kier molecular flexibility index (Phi) is 6.96. The molecule has 0 saturated carbocycles. The van der Waals surface area contributed by atoms with Gasteiger partial charge in [0.05, 0.1) is 24.4 Å². The summed E-state index contributed by atoms with van der Waals surface area (Å²) >= 11 is 3.40. The zero-order chi connectivity index (χ0) is 16.0. The zero-order valence-electron chi connectivity index (χ0n) is 12.8. The predicted octanol–water partition coefficient (Wildman–Crippen LogP) is 2.55. The summed E-state index contributed by atoms with van der Waals surface area (Å²) in [5.41, 5.74) is 0.774. The second-order valence-corrected chi connectivity index (χ2v) is 7.87. The van der Waals surface area contributed by atoms with Crippen LogP contribution in [-0.4, -0.2) is 41.2 Å². The van der Waals surface area contributed by atoms with Crippen molar-refractivity contribution in [1.29, 1.82) is 0 Å². The maximum absolute atomic E-state index is 11.7. The Morgan fingerprint density at radius 2 is 1.86 bits per heavy atom. The molecule has 1 rings (SSSR count). The summed E-state index contributed by atoms with van der Waals surface area (Å²) in [6.45, 7) is 2.76. The van der Waals surface area contributed by atoms with Crippen LogP contribution in [0.2, 0.25) is 0 Å². The average Bonchev–Trinajstić information content (AvgIpc) is 2.41. The summed E-state index contributed by atoms with van der Waals surface area (Å²) in [6, 6.07) is 3.26. The van der Waals surface area contributed by atoms with E-state index in [4.69, 9.17) is 9.47 Å². The lowest BCUT2D eigenvalue weighted by atomic mass is 10.1. The van der Waals surface area contributed by atoms with Crippen molar-refractivity contribution in [3.63, 3.8) is 0 Å². The molecule has 0 fully saturated rings. The van der Waals surface area contributed by atoms with Crippen molar-refractivity contribution >= 4 is 25.8 Å². The Bertz CT molecular complexity index is 575. The average molecular weight is 380 g/mol. The Morgan fingerprint density at radius 1 is 1.24 bits per heavy atom. The van der Waals surface area contributed by atoms with E-state index in [1.54, 1.807) is 26.4 Å². The number of methoxy groups -OCH3 is 2. The summed E-state index contributed by atoms with van der Waals surface area (Å²) in [4.78, 5) is 0. The lowest BCUT2D eigenvalue weighted by Gasteiger charge is -2.21. The van der Waals surface area contributed by atoms with E-state index < -0.39 is 9.84 Å². The first-order valence-electron chi connectivity index (χ1n) is 6.64. The highest BCUT2D eigenvalue weighted by atomic mass is 79.9. The van der Waals surface area contributed by atoms with E-state index in [9.17, 15) is 8.42 Å². The van der Waals surface area contributed by atoms with Gasteiger partial charge in [0, 0.05) is 17.9 Å². The largest absolute Gasteiger partial charge is 0.496 e. The molecule has 0 aliphatic heterocycles. The van der Waals surface area contributed by atoms with Gasteiger partial charge in [-0.25, -0.2) is 8.42 Å². The summed E-state index contributed by atoms with van der Waals surface area (Å²) < 4.78 is 34.8. The van der Waals surface area contributed by atoms with Gasteiger partial charge in [-0.2, -0.15) is 0 Å². The van der Waals surface area contributed by atoms with E-state index in [1.165, 1.54) is 6.26 Å². The Morgan fingerprint density at radius 3 is 2.33 bits per heavy atom. The minimum Gasteiger partial charge on any atom is -0.496 e. The van der Waals surface area contributed by atoms with E-state index >= 15 is 0 Å². The molecular weight excluding hydrogens is 358 g/mol. The molecule has 0 aliphatic rings. The summed E-state index contributed by atoms with van der Waals surface area (Å²) in [6.07, 6.45) is 2.15. The molecule has 1 aromatic rings. The fourth-order valence-corrected chi connectivity index (χ4v) is 3.42. The van der Waals surface area contributed by atoms with Gasteiger partial charge in [-0.3, -0.25) is 0 Å². The molecule has 0 spiro atoms. The molecule has 0 aromatic heterocycles. The van der Waals surface area contributed by atoms with E-state index in [0.717, 1.165) is 23.0 Å². The Hall–Kier alpha value is -0.790. The van der Waals surface area contributed by atoms with Crippen LogP contribution < -0.4 is 14.8 Å². The van der Waals surface area contributed by atoms with Crippen molar-refractivity contribution in [2.45, 2.75) is 19.4 Å². The molecule has 1 unspecified atom stereocenters. The molecule has 1 atom stereocenters. The molecule has 21 heavy (non-hydrogen) atoms. The van der Waals surface area contributed by atoms with Crippen molar-refractivity contribution in [1.82, 2.24) is 5.32 Å². The quantitative estimate of drug-likeness (QED) is 0.751. The molecule has 7 heteroatoms. The van der Waals surface area contributed by atoms with E-state index in [-0.39, 0.29) is 11.8 Å². The number of nitrogens with one attached hydrogen (secondary N) is 1. The maximum Gasteiger partial charge on any atom is 0.149 e. The topological polar surface area (TPSA) is 64.6 Å². The van der Waals surface area contributed by atoms with Gasteiger partial charge in [0.2, 0.25) is 0 Å². The number of halogens is 1. The summed E-state index contributed by atoms with van der Waals surface area (Å²) in [7, 11) is 0.00821. The molecule has 0 aliphatic carbocycles. The van der Waals surface area contributed by atoms with Crippen molar-refractivity contribution in [3.8, 4) is 11.5 Å². The van der Waals surface area contributed by atoms with Crippen molar-refractivity contribution < 1.29 is 17.9 Å². The van der Waals surface area contributed by atoms with Crippen LogP contribution in [0.5, 0.6) is 11.5 Å². The second kappa shape index (κ2) is 8.00. The van der Waals surface area contributed by atoms with Crippen molar-refractivity contribution in [3.05, 3.63) is 22.2 Å². The van der Waals surface area contributed by atoms with Gasteiger partial charge in [0.1, 0.15) is 21.3 Å². The van der Waals surface area contributed by atoms with E-state index in [2.05, 4.69) is 21.2 Å². The molecular formula is C14H22BrNO4S. The monoisotopic (exact) mass is 379 g/mol. The van der Waals surface area contributed by atoms with Crippen LogP contribution >= 0.6 is 15.9 Å². The molecule has 0 saturated heterocycles. The maximum atomic E-state index is 11.7. The Balaban J connectivity index is 3.26. The first-order valence-corrected chi connectivity index (χ1v) is 9.50. The lowest BCUT2D eigenvalue weighted by molar-refractivity contribution is 0.390. The smallest absolute Gasteiger partial charge is 0.149 e. The van der Waals surface area contributed by atoms with Crippen molar-refractivity contribution in [2.75, 3.05) is 32.8 Å². The van der Waals surface area contributed by atoms with Gasteiger partial charge in [-0.05, 0) is 41.0 Å². The molecule has 5 nitrogen and oxygen atoms in total. The SMILES string of the molecule is CCCNC(CS(C)(=O)=O)c1cc(OC)c(Br)cc1OC. The van der Waals surface area contributed by atoms with Crippen LogP contribution in [0.25, 0.3) is 0 Å². The lowest BCUT2D eigenvalue weighted by Crippen LogP contribution is -2.29. The fraction of sp³-hybridized carbons (Fsp3) is 0.571. The third-order valence-electron chi connectivity index (χ3n) is 2.99. The molecule has 0 amide bonds. The minimum absolute atomic E-state index is 0.00808. The molecule has 0 bridgehead atoms. The standard InChI is InChI=1S/C14H22BrNO4S/c1-5-6-16-12(9-21(4,17)18)10-7-14(20-3)11(15)8-13(10)19-2/h7-8,12,16H,5-6,9H2,1-4H3. The summed E-state index contributed by atoms with van der Waals surface area (Å²) in [5.74, 6) is 1.27. The van der Waals surface area contributed by atoms with Crippen LogP contribution in [0.1, 0.15) is 24.9 Å². The predicted molar refractivity (Wildman–Crippen MR) is 88.0 cm³/mol. The minimum atomic E-state index is -3.13. The highest BCUT2D eigenvalue weighted by Gasteiger charge is 2.22. The number of hydrogen-bond donors (Lipinski definition) is 1. The number of sulfone groups is 1. The second-order valence-electron chi connectivity index (χ2n) is 4.83. The van der Waals surface area contributed by atoms with Gasteiger partial charge in [0.15, 0.2) is 0 Å². The molecule has 0 heterocycles. The first-order chi connectivity index (χ1) is 9.82. The number of ether oxygens (including phenoxy) is 2.